The van der Waals surface area contributed by atoms with Gasteiger partial charge in [-0.3, -0.25) is 9.63 Å². The van der Waals surface area contributed by atoms with E-state index in [1.54, 1.807) is 0 Å². The second-order valence-electron chi connectivity index (χ2n) is 5.46. The van der Waals surface area contributed by atoms with Gasteiger partial charge in [0.25, 0.3) is 0 Å². The Hall–Kier alpha value is -1.48. The maximum atomic E-state index is 12.4. The molecule has 0 radical (unpaired) electrons. The molecule has 1 fully saturated rings. The van der Waals surface area contributed by atoms with Crippen molar-refractivity contribution in [2.45, 2.75) is 37.1 Å². The van der Waals surface area contributed by atoms with Gasteiger partial charge in [0.05, 0.1) is 17.9 Å². The number of sulfonamides is 1. The fourth-order valence-corrected chi connectivity index (χ4v) is 3.84. The quantitative estimate of drug-likeness (QED) is 0.768. The van der Waals surface area contributed by atoms with E-state index in [4.69, 9.17) is 9.94 Å². The van der Waals surface area contributed by atoms with Crippen molar-refractivity contribution in [3.05, 3.63) is 29.8 Å². The number of aliphatic carboxylic acids is 1. The van der Waals surface area contributed by atoms with Crippen LogP contribution in [-0.2, 0) is 26.1 Å². The van der Waals surface area contributed by atoms with Gasteiger partial charge < -0.3 is 5.11 Å². The summed E-state index contributed by atoms with van der Waals surface area (Å²) >= 11 is 0. The first-order valence-corrected chi connectivity index (χ1v) is 9.10. The predicted octanol–water partition coefficient (Wildman–Crippen LogP) is 1.01. The molecule has 128 valence electrons. The summed E-state index contributed by atoms with van der Waals surface area (Å²) in [4.78, 5) is 16.2. The molecule has 0 bridgehead atoms. The number of benzene rings is 1. The first-order valence-electron chi connectivity index (χ1n) is 7.61. The van der Waals surface area contributed by atoms with Crippen LogP contribution >= 0.6 is 0 Å². The summed E-state index contributed by atoms with van der Waals surface area (Å²) in [6.07, 6.45) is 1.26. The zero-order chi connectivity index (χ0) is 16.9. The van der Waals surface area contributed by atoms with Crippen LogP contribution in [0.2, 0.25) is 0 Å². The Balaban J connectivity index is 1.95. The largest absolute Gasteiger partial charge is 0.481 e. The molecular formula is C15H22N2O5S. The fourth-order valence-electron chi connectivity index (χ4n) is 2.53. The molecule has 0 unspecified atom stereocenters. The monoisotopic (exact) mass is 342 g/mol. The molecule has 0 amide bonds. The summed E-state index contributed by atoms with van der Waals surface area (Å²) in [5, 5.41) is 10.6. The Morgan fingerprint density at radius 3 is 2.43 bits per heavy atom. The summed E-state index contributed by atoms with van der Waals surface area (Å²) in [5.74, 6) is -0.945. The van der Waals surface area contributed by atoms with Gasteiger partial charge in [0.1, 0.15) is 0 Å². The number of piperidine rings is 1. The Morgan fingerprint density at radius 2 is 1.91 bits per heavy atom. The van der Waals surface area contributed by atoms with Gasteiger partial charge in [0.2, 0.25) is 10.0 Å². The smallest absolute Gasteiger partial charge is 0.307 e. The minimum absolute atomic E-state index is 0.115. The molecule has 0 spiro atoms. The summed E-state index contributed by atoms with van der Waals surface area (Å²) in [6, 6.07) is 5.82. The van der Waals surface area contributed by atoms with Gasteiger partial charge in [0.15, 0.2) is 0 Å². The molecule has 8 heteroatoms. The molecule has 2 N–H and O–H groups in total. The molecule has 2 rings (SSSR count). The number of carboxylic acid groups (broad SMARTS) is 1. The average molecular weight is 342 g/mol. The highest BCUT2D eigenvalue weighted by atomic mass is 32.2. The van der Waals surface area contributed by atoms with Crippen LogP contribution in [0.4, 0.5) is 0 Å². The highest BCUT2D eigenvalue weighted by molar-refractivity contribution is 7.89. The van der Waals surface area contributed by atoms with Crippen LogP contribution in [0.3, 0.4) is 0 Å². The number of carboxylic acids is 1. The third kappa shape index (κ3) is 5.28. The lowest BCUT2D eigenvalue weighted by Crippen LogP contribution is -2.44. The average Bonchev–Trinajstić information content (AvgIpc) is 2.49. The fraction of sp³-hybridized carbons (Fsp3) is 0.533. The molecular weight excluding hydrogens is 320 g/mol. The highest BCUT2D eigenvalue weighted by Gasteiger charge is 2.24. The summed E-state index contributed by atoms with van der Waals surface area (Å²) in [6.45, 7) is 3.92. The third-order valence-electron chi connectivity index (χ3n) is 3.68. The normalized spacial score (nSPS) is 17.3. The van der Waals surface area contributed by atoms with E-state index in [1.165, 1.54) is 24.3 Å². The molecule has 23 heavy (non-hydrogen) atoms. The maximum Gasteiger partial charge on any atom is 0.307 e. The van der Waals surface area contributed by atoms with Crippen molar-refractivity contribution in [1.29, 1.82) is 0 Å². The molecule has 1 aromatic rings. The van der Waals surface area contributed by atoms with Gasteiger partial charge in [-0.2, -0.15) is 5.06 Å². The second-order valence-corrected chi connectivity index (χ2v) is 7.17. The van der Waals surface area contributed by atoms with Crippen molar-refractivity contribution < 1.29 is 23.2 Å². The zero-order valence-corrected chi connectivity index (χ0v) is 13.9. The number of hydrogen-bond donors (Lipinski definition) is 2. The Labute approximate surface area is 136 Å². The lowest BCUT2D eigenvalue weighted by molar-refractivity contribution is -0.166. The van der Waals surface area contributed by atoms with Crippen LogP contribution in [-0.4, -0.2) is 50.3 Å². The molecule has 0 saturated carbocycles. The van der Waals surface area contributed by atoms with E-state index in [-0.39, 0.29) is 17.4 Å². The number of nitrogens with one attached hydrogen (secondary N) is 1. The molecule has 1 heterocycles. The first kappa shape index (κ1) is 17.9. The van der Waals surface area contributed by atoms with Crippen LogP contribution in [0.25, 0.3) is 0 Å². The number of nitrogens with zero attached hydrogens (tertiary/aromatic N) is 1. The molecule has 0 aromatic heterocycles. The van der Waals surface area contributed by atoms with E-state index in [0.29, 0.717) is 38.1 Å². The van der Waals surface area contributed by atoms with E-state index in [0.717, 1.165) is 0 Å². The van der Waals surface area contributed by atoms with Gasteiger partial charge in [-0.1, -0.05) is 12.1 Å². The predicted molar refractivity (Wildman–Crippen MR) is 84.3 cm³/mol. The lowest BCUT2D eigenvalue weighted by Gasteiger charge is -2.31. The minimum Gasteiger partial charge on any atom is -0.481 e. The zero-order valence-electron chi connectivity index (χ0n) is 13.1. The van der Waals surface area contributed by atoms with Crippen molar-refractivity contribution in [2.75, 3.05) is 19.7 Å². The number of hydrogen-bond acceptors (Lipinski definition) is 5. The third-order valence-corrected chi connectivity index (χ3v) is 5.21. The molecule has 1 aromatic carbocycles. The van der Waals surface area contributed by atoms with Gasteiger partial charge >= 0.3 is 5.97 Å². The number of rotatable bonds is 7. The number of hydroxylamine groups is 2. The molecule has 1 saturated heterocycles. The Morgan fingerprint density at radius 1 is 1.30 bits per heavy atom. The van der Waals surface area contributed by atoms with Crippen molar-refractivity contribution in [3.63, 3.8) is 0 Å². The van der Waals surface area contributed by atoms with Gasteiger partial charge in [0, 0.05) is 19.1 Å². The molecule has 7 nitrogen and oxygen atoms in total. The van der Waals surface area contributed by atoms with Crippen molar-refractivity contribution in [3.8, 4) is 0 Å². The van der Waals surface area contributed by atoms with Gasteiger partial charge in [-0.05, 0) is 37.5 Å². The molecule has 0 aliphatic carbocycles. The highest BCUT2D eigenvalue weighted by Crippen LogP contribution is 2.16. The topological polar surface area (TPSA) is 95.9 Å². The van der Waals surface area contributed by atoms with Crippen molar-refractivity contribution in [2.24, 2.45) is 0 Å². The van der Waals surface area contributed by atoms with E-state index in [9.17, 15) is 13.2 Å². The van der Waals surface area contributed by atoms with Crippen LogP contribution in [0.1, 0.15) is 25.3 Å². The van der Waals surface area contributed by atoms with Crippen LogP contribution in [0, 0.1) is 0 Å². The molecule has 1 aliphatic rings. The van der Waals surface area contributed by atoms with Gasteiger partial charge in [-0.15, -0.1) is 0 Å². The first-order chi connectivity index (χ1) is 10.9. The second kappa shape index (κ2) is 7.87. The summed E-state index contributed by atoms with van der Waals surface area (Å²) in [5.41, 5.74) is 0.571. The standard InChI is InChI=1S/C15H22N2O5S/c1-2-22-17-9-7-13(8-10-17)16-23(20,21)14-5-3-12(4-6-14)11-15(18)19/h3-6,13,16H,2,7-11H2,1H3,(H,18,19). The van der Waals surface area contributed by atoms with Crippen molar-refractivity contribution >= 4 is 16.0 Å². The summed E-state index contributed by atoms with van der Waals surface area (Å²) < 4.78 is 27.4. The van der Waals surface area contributed by atoms with Crippen LogP contribution in [0.15, 0.2) is 29.2 Å². The maximum absolute atomic E-state index is 12.4. The van der Waals surface area contributed by atoms with Gasteiger partial charge in [-0.25, -0.2) is 13.1 Å². The molecule has 1 aliphatic heterocycles. The minimum atomic E-state index is -3.59. The van der Waals surface area contributed by atoms with E-state index in [2.05, 4.69) is 4.72 Å². The van der Waals surface area contributed by atoms with E-state index >= 15 is 0 Å². The molecule has 0 atom stereocenters. The number of carbonyl (C=O) groups is 1. The van der Waals surface area contributed by atoms with Crippen LogP contribution < -0.4 is 4.72 Å². The van der Waals surface area contributed by atoms with Crippen molar-refractivity contribution in [1.82, 2.24) is 9.79 Å². The SMILES string of the molecule is CCON1CCC(NS(=O)(=O)c2ccc(CC(=O)O)cc2)CC1. The van der Waals surface area contributed by atoms with Crippen LogP contribution in [0.5, 0.6) is 0 Å². The lowest BCUT2D eigenvalue weighted by atomic mass is 10.1. The van der Waals surface area contributed by atoms with E-state index < -0.39 is 16.0 Å². The summed E-state index contributed by atoms with van der Waals surface area (Å²) in [7, 11) is -3.59. The van der Waals surface area contributed by atoms with E-state index in [1.807, 2.05) is 12.0 Å². The Kier molecular flexibility index (Phi) is 6.11. The Bertz CT molecular complexity index is 622.